The average Bonchev–Trinajstić information content (AvgIpc) is 2.38. The van der Waals surface area contributed by atoms with Crippen molar-refractivity contribution in [3.8, 4) is 0 Å². The van der Waals surface area contributed by atoms with Gasteiger partial charge in [-0.1, -0.05) is 6.07 Å². The fourth-order valence-electron chi connectivity index (χ4n) is 2.03. The minimum atomic E-state index is 0.107. The lowest BCUT2D eigenvalue weighted by atomic mass is 9.99. The Morgan fingerprint density at radius 2 is 2.25 bits per heavy atom. The molecule has 1 saturated heterocycles. The maximum atomic E-state index is 5.88. The molecule has 1 fully saturated rings. The van der Waals surface area contributed by atoms with E-state index < -0.39 is 0 Å². The summed E-state index contributed by atoms with van der Waals surface area (Å²) in [5.74, 6) is 0.715. The van der Waals surface area contributed by atoms with E-state index in [-0.39, 0.29) is 6.10 Å². The van der Waals surface area contributed by atoms with Crippen LogP contribution in [0.3, 0.4) is 0 Å². The van der Waals surface area contributed by atoms with Gasteiger partial charge < -0.3 is 10.1 Å². The van der Waals surface area contributed by atoms with E-state index in [1.54, 1.807) is 0 Å². The average molecular weight is 220 g/mol. The van der Waals surface area contributed by atoms with E-state index in [2.05, 4.69) is 17.2 Å². The molecule has 1 aliphatic heterocycles. The third-order valence-electron chi connectivity index (χ3n) is 3.14. The maximum absolute atomic E-state index is 5.88. The molecular formula is C13H20N2O. The monoisotopic (exact) mass is 220 g/mol. The van der Waals surface area contributed by atoms with Crippen molar-refractivity contribution < 1.29 is 4.74 Å². The van der Waals surface area contributed by atoms with E-state index in [0.29, 0.717) is 5.92 Å². The van der Waals surface area contributed by atoms with E-state index in [4.69, 9.17) is 4.74 Å². The van der Waals surface area contributed by atoms with Crippen LogP contribution in [-0.2, 0) is 4.74 Å². The second kappa shape index (κ2) is 5.97. The van der Waals surface area contributed by atoms with Crippen molar-refractivity contribution in [2.45, 2.75) is 25.9 Å². The number of rotatable bonds is 4. The summed E-state index contributed by atoms with van der Waals surface area (Å²) in [5, 5.41) is 3.37. The van der Waals surface area contributed by atoms with Crippen LogP contribution in [-0.4, -0.2) is 24.7 Å². The summed E-state index contributed by atoms with van der Waals surface area (Å²) in [5.41, 5.74) is 1.02. The van der Waals surface area contributed by atoms with Crippen LogP contribution in [0.15, 0.2) is 24.4 Å². The first-order chi connectivity index (χ1) is 7.86. The number of aromatic nitrogens is 1. The Bertz CT molecular complexity index is 296. The van der Waals surface area contributed by atoms with Gasteiger partial charge in [0.2, 0.25) is 0 Å². The van der Waals surface area contributed by atoms with Crippen LogP contribution in [0.2, 0.25) is 0 Å². The second-order valence-electron chi connectivity index (χ2n) is 4.42. The molecule has 1 atom stereocenters. The van der Waals surface area contributed by atoms with Crippen LogP contribution in [0.25, 0.3) is 0 Å². The molecule has 2 rings (SSSR count). The van der Waals surface area contributed by atoms with Crippen molar-refractivity contribution in [3.05, 3.63) is 30.1 Å². The van der Waals surface area contributed by atoms with Gasteiger partial charge in [0.05, 0.1) is 18.4 Å². The van der Waals surface area contributed by atoms with Crippen molar-refractivity contribution in [2.75, 3.05) is 19.7 Å². The van der Waals surface area contributed by atoms with Crippen LogP contribution >= 0.6 is 0 Å². The number of ether oxygens (including phenoxy) is 1. The highest BCUT2D eigenvalue weighted by Crippen LogP contribution is 2.18. The van der Waals surface area contributed by atoms with E-state index >= 15 is 0 Å². The summed E-state index contributed by atoms with van der Waals surface area (Å²) in [7, 11) is 0. The third-order valence-corrected chi connectivity index (χ3v) is 3.14. The molecule has 0 aromatic carbocycles. The highest BCUT2D eigenvalue weighted by Gasteiger charge is 2.15. The van der Waals surface area contributed by atoms with Crippen molar-refractivity contribution in [1.29, 1.82) is 0 Å². The molecule has 1 aliphatic rings. The lowest BCUT2D eigenvalue weighted by Gasteiger charge is -2.24. The highest BCUT2D eigenvalue weighted by molar-refractivity contribution is 5.05. The van der Waals surface area contributed by atoms with Gasteiger partial charge in [0.25, 0.3) is 0 Å². The SMILES string of the molecule is C[C@H](OCC1CCNCC1)c1ccccn1. The molecule has 1 N–H and O–H groups in total. The van der Waals surface area contributed by atoms with Crippen molar-refractivity contribution >= 4 is 0 Å². The van der Waals surface area contributed by atoms with Crippen LogP contribution < -0.4 is 5.32 Å². The zero-order chi connectivity index (χ0) is 11.2. The quantitative estimate of drug-likeness (QED) is 0.844. The number of pyridine rings is 1. The molecular weight excluding hydrogens is 200 g/mol. The second-order valence-corrected chi connectivity index (χ2v) is 4.42. The lowest BCUT2D eigenvalue weighted by molar-refractivity contribution is 0.0297. The zero-order valence-corrected chi connectivity index (χ0v) is 9.86. The molecule has 0 radical (unpaired) electrons. The van der Waals surface area contributed by atoms with Crippen molar-refractivity contribution in [2.24, 2.45) is 5.92 Å². The summed E-state index contributed by atoms with van der Waals surface area (Å²) in [6.45, 7) is 5.20. The smallest absolute Gasteiger partial charge is 0.0966 e. The molecule has 88 valence electrons. The fraction of sp³-hybridized carbons (Fsp3) is 0.615. The normalized spacial score (nSPS) is 19.6. The van der Waals surface area contributed by atoms with Crippen LogP contribution in [0.4, 0.5) is 0 Å². The minimum absolute atomic E-state index is 0.107. The van der Waals surface area contributed by atoms with Crippen LogP contribution in [0.5, 0.6) is 0 Å². The molecule has 3 heteroatoms. The number of nitrogens with one attached hydrogen (secondary N) is 1. The molecule has 1 aromatic rings. The maximum Gasteiger partial charge on any atom is 0.0966 e. The van der Waals surface area contributed by atoms with Gasteiger partial charge in [-0.05, 0) is 50.9 Å². The Kier molecular flexibility index (Phi) is 4.31. The summed E-state index contributed by atoms with van der Waals surface area (Å²) >= 11 is 0. The predicted molar refractivity (Wildman–Crippen MR) is 64.2 cm³/mol. The summed E-state index contributed by atoms with van der Waals surface area (Å²) in [6, 6.07) is 5.96. The first-order valence-corrected chi connectivity index (χ1v) is 6.09. The molecule has 0 aliphatic carbocycles. The first-order valence-electron chi connectivity index (χ1n) is 6.09. The van der Waals surface area contributed by atoms with E-state index in [9.17, 15) is 0 Å². The Hall–Kier alpha value is -0.930. The number of piperidine rings is 1. The highest BCUT2D eigenvalue weighted by atomic mass is 16.5. The van der Waals surface area contributed by atoms with Gasteiger partial charge in [-0.2, -0.15) is 0 Å². The Labute approximate surface area is 97.2 Å². The Balaban J connectivity index is 1.77. The topological polar surface area (TPSA) is 34.1 Å². The standard InChI is InChI=1S/C13H20N2O/c1-11(13-4-2-3-7-15-13)16-10-12-5-8-14-9-6-12/h2-4,7,11-12,14H,5-6,8-10H2,1H3/t11-/m0/s1. The summed E-state index contributed by atoms with van der Waals surface area (Å²) in [4.78, 5) is 4.31. The van der Waals surface area contributed by atoms with Crippen molar-refractivity contribution in [1.82, 2.24) is 10.3 Å². The molecule has 0 unspecified atom stereocenters. The molecule has 1 aromatic heterocycles. The van der Waals surface area contributed by atoms with Crippen LogP contribution in [0, 0.1) is 5.92 Å². The van der Waals surface area contributed by atoms with Crippen LogP contribution in [0.1, 0.15) is 31.6 Å². The Morgan fingerprint density at radius 3 is 2.94 bits per heavy atom. The first kappa shape index (κ1) is 11.6. The van der Waals surface area contributed by atoms with Crippen molar-refractivity contribution in [3.63, 3.8) is 0 Å². The van der Waals surface area contributed by atoms with E-state index in [1.807, 2.05) is 24.4 Å². The lowest BCUT2D eigenvalue weighted by Crippen LogP contribution is -2.30. The van der Waals surface area contributed by atoms with Gasteiger partial charge in [0.15, 0.2) is 0 Å². The van der Waals surface area contributed by atoms with E-state index in [0.717, 1.165) is 25.4 Å². The molecule has 3 nitrogen and oxygen atoms in total. The molecule has 0 amide bonds. The van der Waals surface area contributed by atoms with E-state index in [1.165, 1.54) is 12.8 Å². The molecule has 0 bridgehead atoms. The molecule has 0 saturated carbocycles. The Morgan fingerprint density at radius 1 is 1.44 bits per heavy atom. The van der Waals surface area contributed by atoms with Gasteiger partial charge >= 0.3 is 0 Å². The summed E-state index contributed by atoms with van der Waals surface area (Å²) < 4.78 is 5.88. The van der Waals surface area contributed by atoms with Gasteiger partial charge in [-0.3, -0.25) is 4.98 Å². The summed E-state index contributed by atoms with van der Waals surface area (Å²) in [6.07, 6.45) is 4.39. The number of hydrogen-bond donors (Lipinski definition) is 1. The number of hydrogen-bond acceptors (Lipinski definition) is 3. The molecule has 0 spiro atoms. The molecule has 2 heterocycles. The minimum Gasteiger partial charge on any atom is -0.372 e. The fourth-order valence-corrected chi connectivity index (χ4v) is 2.03. The van der Waals surface area contributed by atoms with Gasteiger partial charge in [-0.15, -0.1) is 0 Å². The van der Waals surface area contributed by atoms with Gasteiger partial charge in [-0.25, -0.2) is 0 Å². The van der Waals surface area contributed by atoms with Gasteiger partial charge in [0.1, 0.15) is 0 Å². The number of nitrogens with zero attached hydrogens (tertiary/aromatic N) is 1. The van der Waals surface area contributed by atoms with Gasteiger partial charge in [0, 0.05) is 6.20 Å². The zero-order valence-electron chi connectivity index (χ0n) is 9.86. The third kappa shape index (κ3) is 3.29. The molecule has 16 heavy (non-hydrogen) atoms. The largest absolute Gasteiger partial charge is 0.372 e. The predicted octanol–water partition coefficient (Wildman–Crippen LogP) is 2.16.